The molecular formula is C13H19N3O2. The standard InChI is InChI=1S/C13H19N3O2/c1-9-13(15-6-5-14-9)10(2)16(8-12(17)18)7-11-3-4-11/h5-6,10-11H,3-4,7-8H2,1-2H3,(H,17,18). The molecule has 1 saturated carbocycles. The summed E-state index contributed by atoms with van der Waals surface area (Å²) in [4.78, 5) is 21.5. The lowest BCUT2D eigenvalue weighted by molar-refractivity contribution is -0.139. The molecule has 5 nitrogen and oxygen atoms in total. The second-order valence-corrected chi connectivity index (χ2v) is 4.97. The van der Waals surface area contributed by atoms with Crippen LogP contribution >= 0.6 is 0 Å². The summed E-state index contributed by atoms with van der Waals surface area (Å²) in [6.07, 6.45) is 5.74. The predicted octanol–water partition coefficient (Wildman–Crippen LogP) is 1.64. The van der Waals surface area contributed by atoms with Crippen LogP contribution in [0.1, 0.15) is 37.2 Å². The van der Waals surface area contributed by atoms with E-state index in [4.69, 9.17) is 5.11 Å². The Labute approximate surface area is 107 Å². The van der Waals surface area contributed by atoms with Gasteiger partial charge in [-0.1, -0.05) is 0 Å². The third-order valence-corrected chi connectivity index (χ3v) is 3.39. The molecule has 0 aromatic carbocycles. The van der Waals surface area contributed by atoms with Crippen molar-refractivity contribution < 1.29 is 9.90 Å². The van der Waals surface area contributed by atoms with Gasteiger partial charge in [0.05, 0.1) is 24.0 Å². The molecular weight excluding hydrogens is 230 g/mol. The van der Waals surface area contributed by atoms with Gasteiger partial charge in [0, 0.05) is 18.9 Å². The van der Waals surface area contributed by atoms with Crippen LogP contribution in [0.3, 0.4) is 0 Å². The molecule has 0 radical (unpaired) electrons. The zero-order chi connectivity index (χ0) is 13.1. The highest BCUT2D eigenvalue weighted by Gasteiger charge is 2.29. The Balaban J connectivity index is 2.13. The number of hydrogen-bond donors (Lipinski definition) is 1. The van der Waals surface area contributed by atoms with Gasteiger partial charge in [-0.2, -0.15) is 0 Å². The SMILES string of the molecule is Cc1nccnc1C(C)N(CC(=O)O)CC1CC1. The van der Waals surface area contributed by atoms with Gasteiger partial charge in [-0.05, 0) is 32.6 Å². The summed E-state index contributed by atoms with van der Waals surface area (Å²) < 4.78 is 0. The van der Waals surface area contributed by atoms with Crippen molar-refractivity contribution in [2.24, 2.45) is 5.92 Å². The predicted molar refractivity (Wildman–Crippen MR) is 67.1 cm³/mol. The van der Waals surface area contributed by atoms with Gasteiger partial charge in [0.2, 0.25) is 0 Å². The molecule has 0 amide bonds. The fraction of sp³-hybridized carbons (Fsp3) is 0.615. The van der Waals surface area contributed by atoms with E-state index in [1.807, 2.05) is 18.7 Å². The average molecular weight is 249 g/mol. The van der Waals surface area contributed by atoms with E-state index in [-0.39, 0.29) is 12.6 Å². The summed E-state index contributed by atoms with van der Waals surface area (Å²) in [6, 6.07) is -0.00426. The number of nitrogens with zero attached hydrogens (tertiary/aromatic N) is 3. The van der Waals surface area contributed by atoms with Crippen LogP contribution in [0.15, 0.2) is 12.4 Å². The lowest BCUT2D eigenvalue weighted by Gasteiger charge is -2.27. The minimum absolute atomic E-state index is 0.00426. The van der Waals surface area contributed by atoms with Gasteiger partial charge in [0.1, 0.15) is 0 Å². The van der Waals surface area contributed by atoms with Crippen LogP contribution in [0, 0.1) is 12.8 Å². The van der Waals surface area contributed by atoms with Gasteiger partial charge in [-0.15, -0.1) is 0 Å². The zero-order valence-electron chi connectivity index (χ0n) is 10.8. The van der Waals surface area contributed by atoms with Crippen LogP contribution in [0.2, 0.25) is 0 Å². The van der Waals surface area contributed by atoms with E-state index in [2.05, 4.69) is 9.97 Å². The van der Waals surface area contributed by atoms with Crippen molar-refractivity contribution in [3.05, 3.63) is 23.8 Å². The topological polar surface area (TPSA) is 66.3 Å². The van der Waals surface area contributed by atoms with Crippen molar-refractivity contribution in [2.75, 3.05) is 13.1 Å². The Kier molecular flexibility index (Phi) is 3.91. The highest BCUT2D eigenvalue weighted by Crippen LogP contribution is 2.32. The third kappa shape index (κ3) is 3.26. The van der Waals surface area contributed by atoms with Crippen LogP contribution in [-0.2, 0) is 4.79 Å². The summed E-state index contributed by atoms with van der Waals surface area (Å²) in [5, 5.41) is 9.00. The number of carboxylic acid groups (broad SMARTS) is 1. The van der Waals surface area contributed by atoms with Crippen molar-refractivity contribution >= 4 is 5.97 Å². The Morgan fingerprint density at radius 3 is 2.72 bits per heavy atom. The van der Waals surface area contributed by atoms with Crippen LogP contribution in [0.4, 0.5) is 0 Å². The van der Waals surface area contributed by atoms with E-state index in [1.165, 1.54) is 12.8 Å². The summed E-state index contributed by atoms with van der Waals surface area (Å²) in [7, 11) is 0. The number of rotatable bonds is 6. The lowest BCUT2D eigenvalue weighted by Crippen LogP contribution is -2.34. The van der Waals surface area contributed by atoms with Gasteiger partial charge in [-0.3, -0.25) is 19.7 Å². The smallest absolute Gasteiger partial charge is 0.317 e. The number of aliphatic carboxylic acids is 1. The Morgan fingerprint density at radius 2 is 2.17 bits per heavy atom. The Hall–Kier alpha value is -1.49. The average Bonchev–Trinajstić information content (AvgIpc) is 3.11. The Morgan fingerprint density at radius 1 is 1.50 bits per heavy atom. The molecule has 1 atom stereocenters. The first-order valence-electron chi connectivity index (χ1n) is 6.31. The van der Waals surface area contributed by atoms with Crippen molar-refractivity contribution in [2.45, 2.75) is 32.7 Å². The quantitative estimate of drug-likeness (QED) is 0.830. The summed E-state index contributed by atoms with van der Waals surface area (Å²) in [5.41, 5.74) is 1.75. The zero-order valence-corrected chi connectivity index (χ0v) is 10.8. The van der Waals surface area contributed by atoms with Crippen LogP contribution < -0.4 is 0 Å². The molecule has 1 aliphatic carbocycles. The molecule has 1 heterocycles. The molecule has 2 rings (SSSR count). The van der Waals surface area contributed by atoms with Gasteiger partial charge in [0.25, 0.3) is 0 Å². The third-order valence-electron chi connectivity index (χ3n) is 3.39. The van der Waals surface area contributed by atoms with Crippen LogP contribution in [-0.4, -0.2) is 39.0 Å². The monoisotopic (exact) mass is 249 g/mol. The number of hydrogen-bond acceptors (Lipinski definition) is 4. The molecule has 5 heteroatoms. The summed E-state index contributed by atoms with van der Waals surface area (Å²) in [6.45, 7) is 4.81. The second kappa shape index (κ2) is 5.44. The molecule has 1 aliphatic rings. The first-order chi connectivity index (χ1) is 8.58. The molecule has 1 aromatic rings. The number of carboxylic acids is 1. The molecule has 1 N–H and O–H groups in total. The number of aromatic nitrogens is 2. The van der Waals surface area contributed by atoms with Gasteiger partial charge >= 0.3 is 5.97 Å². The maximum atomic E-state index is 11.0. The van der Waals surface area contributed by atoms with Gasteiger partial charge in [-0.25, -0.2) is 0 Å². The first kappa shape index (κ1) is 13.0. The summed E-state index contributed by atoms with van der Waals surface area (Å²) in [5.74, 6) is -0.132. The molecule has 1 unspecified atom stereocenters. The minimum atomic E-state index is -0.788. The van der Waals surface area contributed by atoms with Crippen molar-refractivity contribution in [1.29, 1.82) is 0 Å². The van der Waals surface area contributed by atoms with Crippen molar-refractivity contribution in [3.8, 4) is 0 Å². The molecule has 0 spiro atoms. The molecule has 1 fully saturated rings. The molecule has 0 aliphatic heterocycles. The van der Waals surface area contributed by atoms with E-state index < -0.39 is 5.97 Å². The van der Waals surface area contributed by atoms with Crippen molar-refractivity contribution in [3.63, 3.8) is 0 Å². The second-order valence-electron chi connectivity index (χ2n) is 4.97. The highest BCUT2D eigenvalue weighted by molar-refractivity contribution is 5.69. The number of aryl methyl sites for hydroxylation is 1. The molecule has 1 aromatic heterocycles. The summed E-state index contributed by atoms with van der Waals surface area (Å²) >= 11 is 0. The first-order valence-corrected chi connectivity index (χ1v) is 6.31. The maximum absolute atomic E-state index is 11.0. The van der Waals surface area contributed by atoms with Crippen LogP contribution in [0.5, 0.6) is 0 Å². The lowest BCUT2D eigenvalue weighted by atomic mass is 10.1. The molecule has 0 bridgehead atoms. The normalized spacial score (nSPS) is 16.8. The van der Waals surface area contributed by atoms with E-state index in [0.29, 0.717) is 5.92 Å². The van der Waals surface area contributed by atoms with Crippen molar-refractivity contribution in [1.82, 2.24) is 14.9 Å². The van der Waals surface area contributed by atoms with Crippen LogP contribution in [0.25, 0.3) is 0 Å². The minimum Gasteiger partial charge on any atom is -0.480 e. The van der Waals surface area contributed by atoms with E-state index in [1.54, 1.807) is 12.4 Å². The number of carbonyl (C=O) groups is 1. The largest absolute Gasteiger partial charge is 0.480 e. The maximum Gasteiger partial charge on any atom is 0.317 e. The van der Waals surface area contributed by atoms with E-state index in [9.17, 15) is 4.79 Å². The van der Waals surface area contributed by atoms with Gasteiger partial charge in [0.15, 0.2) is 0 Å². The Bertz CT molecular complexity index is 432. The van der Waals surface area contributed by atoms with Gasteiger partial charge < -0.3 is 5.11 Å². The van der Waals surface area contributed by atoms with E-state index >= 15 is 0 Å². The fourth-order valence-electron chi connectivity index (χ4n) is 2.17. The molecule has 98 valence electrons. The molecule has 0 saturated heterocycles. The molecule has 18 heavy (non-hydrogen) atoms. The fourth-order valence-corrected chi connectivity index (χ4v) is 2.17. The highest BCUT2D eigenvalue weighted by atomic mass is 16.4. The van der Waals surface area contributed by atoms with E-state index in [0.717, 1.165) is 17.9 Å².